The summed E-state index contributed by atoms with van der Waals surface area (Å²) >= 11 is 0. The Morgan fingerprint density at radius 2 is 2.20 bits per heavy atom. The van der Waals surface area contributed by atoms with E-state index in [0.717, 1.165) is 12.8 Å². The Morgan fingerprint density at radius 3 is 2.67 bits per heavy atom. The van der Waals surface area contributed by atoms with E-state index in [1.54, 1.807) is 0 Å². The lowest BCUT2D eigenvalue weighted by molar-refractivity contribution is -0.143. The fraction of sp³-hybridized carbons (Fsp3) is 0.667. The molecule has 1 heterocycles. The lowest BCUT2D eigenvalue weighted by Crippen LogP contribution is -2.55. The summed E-state index contributed by atoms with van der Waals surface area (Å²) in [6.07, 6.45) is 2.39. The molecule has 1 spiro atoms. The number of nitrogens with two attached hydrogens (primary N) is 1. The zero-order valence-corrected chi connectivity index (χ0v) is 9.26. The Kier molecular flexibility index (Phi) is 3.04. The van der Waals surface area contributed by atoms with E-state index in [4.69, 9.17) is 5.73 Å². The molecule has 2 amide bonds. The zero-order chi connectivity index (χ0) is 10.3. The molecule has 0 aromatic rings. The van der Waals surface area contributed by atoms with Gasteiger partial charge < -0.3 is 5.73 Å². The third-order valence-corrected chi connectivity index (χ3v) is 3.30. The van der Waals surface area contributed by atoms with Crippen LogP contribution < -0.4 is 11.1 Å². The smallest absolute Gasteiger partial charge is 0.264 e. The maximum atomic E-state index is 11.8. The van der Waals surface area contributed by atoms with Crippen LogP contribution in [0.3, 0.4) is 0 Å². The van der Waals surface area contributed by atoms with Gasteiger partial charge in [-0.25, -0.2) is 0 Å². The first kappa shape index (κ1) is 12.0. The monoisotopic (exact) mass is 231 g/mol. The molecule has 0 radical (unpaired) electrons. The van der Waals surface area contributed by atoms with E-state index in [-0.39, 0.29) is 36.1 Å². The second-order valence-corrected chi connectivity index (χ2v) is 4.02. The number of hydrogen-bond acceptors (Lipinski definition) is 3. The Labute approximate surface area is 93.9 Å². The van der Waals surface area contributed by atoms with Gasteiger partial charge in [-0.05, 0) is 18.8 Å². The molecule has 2 rings (SSSR count). The van der Waals surface area contributed by atoms with E-state index in [0.29, 0.717) is 6.42 Å². The van der Waals surface area contributed by atoms with Gasteiger partial charge in [-0.2, -0.15) is 4.99 Å². The second kappa shape index (κ2) is 3.81. The summed E-state index contributed by atoms with van der Waals surface area (Å²) in [4.78, 5) is 27.1. The number of nitrogens with zero attached hydrogens (tertiary/aromatic N) is 1. The van der Waals surface area contributed by atoms with Crippen molar-refractivity contribution in [1.29, 1.82) is 0 Å². The normalized spacial score (nSPS) is 34.7. The minimum atomic E-state index is -0.928. The molecule has 2 unspecified atom stereocenters. The van der Waals surface area contributed by atoms with Crippen LogP contribution in [0.2, 0.25) is 0 Å². The van der Waals surface area contributed by atoms with Gasteiger partial charge in [-0.3, -0.25) is 14.9 Å². The summed E-state index contributed by atoms with van der Waals surface area (Å²) < 4.78 is 0. The standard InChI is InChI=1S/C9H13N3O2.ClH/c1-5-3-2-4-9(5)6(13)11-8(10)12-7(9)14;/h5H,2-4H2,1H3,(H3,10,11,12,13,14);1H. The molecule has 1 aliphatic carbocycles. The van der Waals surface area contributed by atoms with Crippen LogP contribution in [0.1, 0.15) is 26.2 Å². The van der Waals surface area contributed by atoms with Gasteiger partial charge >= 0.3 is 0 Å². The van der Waals surface area contributed by atoms with E-state index in [1.165, 1.54) is 0 Å². The summed E-state index contributed by atoms with van der Waals surface area (Å²) in [6.45, 7) is 1.92. The van der Waals surface area contributed by atoms with Crippen LogP contribution in [-0.4, -0.2) is 17.8 Å². The second-order valence-electron chi connectivity index (χ2n) is 4.02. The van der Waals surface area contributed by atoms with E-state index < -0.39 is 5.41 Å². The van der Waals surface area contributed by atoms with E-state index >= 15 is 0 Å². The van der Waals surface area contributed by atoms with Gasteiger partial charge in [-0.1, -0.05) is 13.3 Å². The molecule has 6 heteroatoms. The first-order chi connectivity index (χ1) is 6.57. The van der Waals surface area contributed by atoms with Gasteiger partial charge in [0.2, 0.25) is 11.9 Å². The number of hydrogen-bond donors (Lipinski definition) is 2. The molecule has 2 aliphatic rings. The maximum Gasteiger partial charge on any atom is 0.264 e. The molecule has 0 aromatic heterocycles. The Hall–Kier alpha value is -1.10. The van der Waals surface area contributed by atoms with Gasteiger partial charge in [0.05, 0.1) is 0 Å². The number of amides is 2. The summed E-state index contributed by atoms with van der Waals surface area (Å²) in [5, 5.41) is 2.44. The Bertz CT molecular complexity index is 342. The van der Waals surface area contributed by atoms with Crippen LogP contribution >= 0.6 is 12.4 Å². The highest BCUT2D eigenvalue weighted by Gasteiger charge is 2.54. The van der Waals surface area contributed by atoms with Gasteiger partial charge in [0.25, 0.3) is 5.91 Å². The average Bonchev–Trinajstić information content (AvgIpc) is 2.45. The van der Waals surface area contributed by atoms with Crippen LogP contribution in [0.25, 0.3) is 0 Å². The molecule has 0 aromatic carbocycles. The average molecular weight is 232 g/mol. The fourth-order valence-corrected chi connectivity index (χ4v) is 2.40. The molecule has 0 bridgehead atoms. The quantitative estimate of drug-likeness (QED) is 0.584. The highest BCUT2D eigenvalue weighted by atomic mass is 35.5. The zero-order valence-electron chi connectivity index (χ0n) is 8.45. The Balaban J connectivity index is 0.00000112. The van der Waals surface area contributed by atoms with Gasteiger partial charge in [-0.15, -0.1) is 12.4 Å². The van der Waals surface area contributed by atoms with Crippen molar-refractivity contribution in [2.45, 2.75) is 26.2 Å². The number of carbonyl (C=O) groups is 2. The molecule has 15 heavy (non-hydrogen) atoms. The topological polar surface area (TPSA) is 84.6 Å². The summed E-state index contributed by atoms with van der Waals surface area (Å²) in [6, 6.07) is 0. The first-order valence-corrected chi connectivity index (χ1v) is 4.77. The molecule has 1 fully saturated rings. The molecular weight excluding hydrogens is 218 g/mol. The van der Waals surface area contributed by atoms with Crippen molar-refractivity contribution in [2.75, 3.05) is 0 Å². The van der Waals surface area contributed by atoms with Crippen LogP contribution in [0.15, 0.2) is 4.99 Å². The van der Waals surface area contributed by atoms with E-state index in [2.05, 4.69) is 10.3 Å². The number of rotatable bonds is 0. The molecule has 1 saturated carbocycles. The van der Waals surface area contributed by atoms with Crippen molar-refractivity contribution in [3.8, 4) is 0 Å². The van der Waals surface area contributed by atoms with Gasteiger partial charge in [0.1, 0.15) is 5.41 Å². The predicted molar refractivity (Wildman–Crippen MR) is 57.5 cm³/mol. The number of carbonyl (C=O) groups excluding carboxylic acids is 2. The highest BCUT2D eigenvalue weighted by molar-refractivity contribution is 6.18. The molecule has 0 saturated heterocycles. The van der Waals surface area contributed by atoms with Crippen LogP contribution in [0, 0.1) is 11.3 Å². The fourth-order valence-electron chi connectivity index (χ4n) is 2.40. The van der Waals surface area contributed by atoms with Gasteiger partial charge in [0.15, 0.2) is 0 Å². The van der Waals surface area contributed by atoms with E-state index in [1.807, 2.05) is 6.92 Å². The van der Waals surface area contributed by atoms with Crippen LogP contribution in [-0.2, 0) is 9.59 Å². The number of aliphatic imine (C=N–C) groups is 1. The van der Waals surface area contributed by atoms with E-state index in [9.17, 15) is 9.59 Å². The summed E-state index contributed by atoms with van der Waals surface area (Å²) in [7, 11) is 0. The van der Waals surface area contributed by atoms with Crippen molar-refractivity contribution in [2.24, 2.45) is 22.1 Å². The van der Waals surface area contributed by atoms with Gasteiger partial charge in [0, 0.05) is 0 Å². The number of halogens is 1. The van der Waals surface area contributed by atoms with Crippen molar-refractivity contribution < 1.29 is 9.59 Å². The Morgan fingerprint density at radius 1 is 1.53 bits per heavy atom. The molecule has 3 N–H and O–H groups in total. The van der Waals surface area contributed by atoms with Crippen molar-refractivity contribution in [3.05, 3.63) is 0 Å². The van der Waals surface area contributed by atoms with Crippen molar-refractivity contribution >= 4 is 30.2 Å². The predicted octanol–water partition coefficient (Wildman–Crippen LogP) is 0.186. The van der Waals surface area contributed by atoms with Crippen molar-refractivity contribution in [3.63, 3.8) is 0 Å². The molecule has 5 nitrogen and oxygen atoms in total. The van der Waals surface area contributed by atoms with Crippen LogP contribution in [0.4, 0.5) is 0 Å². The molecule has 2 atom stereocenters. The minimum absolute atomic E-state index is 0. The highest BCUT2D eigenvalue weighted by Crippen LogP contribution is 2.45. The number of nitrogens with one attached hydrogen (secondary N) is 1. The molecule has 1 aliphatic heterocycles. The van der Waals surface area contributed by atoms with Crippen molar-refractivity contribution in [1.82, 2.24) is 5.32 Å². The lowest BCUT2D eigenvalue weighted by atomic mass is 9.76. The number of guanidine groups is 1. The minimum Gasteiger partial charge on any atom is -0.369 e. The lowest BCUT2D eigenvalue weighted by Gasteiger charge is -2.31. The SMILES string of the molecule is CC1CCCC12C(=O)N=C(N)NC2=O.Cl. The molecule has 84 valence electrons. The third kappa shape index (κ3) is 1.51. The molecular formula is C9H14ClN3O2. The summed E-state index contributed by atoms with van der Waals surface area (Å²) in [5.41, 5.74) is 4.38. The van der Waals surface area contributed by atoms with Crippen LogP contribution in [0.5, 0.6) is 0 Å². The third-order valence-electron chi connectivity index (χ3n) is 3.30. The maximum absolute atomic E-state index is 11.8. The first-order valence-electron chi connectivity index (χ1n) is 4.77. The largest absolute Gasteiger partial charge is 0.369 e. The summed E-state index contributed by atoms with van der Waals surface area (Å²) in [5.74, 6) is -0.666.